The van der Waals surface area contributed by atoms with Crippen LogP contribution in [0.1, 0.15) is 39.5 Å². The van der Waals surface area contributed by atoms with Crippen molar-refractivity contribution in [2.45, 2.75) is 39.5 Å². The van der Waals surface area contributed by atoms with E-state index in [9.17, 15) is 4.79 Å². The van der Waals surface area contributed by atoms with Crippen molar-refractivity contribution in [1.82, 2.24) is 0 Å². The molecular formula is C10H18O2. The molecule has 3 unspecified atom stereocenters. The van der Waals surface area contributed by atoms with Gasteiger partial charge >= 0.3 is 5.97 Å². The van der Waals surface area contributed by atoms with Gasteiger partial charge in [0.15, 0.2) is 0 Å². The Kier molecular flexibility index (Phi) is 3.12. The number of carboxylic acid groups (broad SMARTS) is 1. The molecule has 1 aliphatic rings. The van der Waals surface area contributed by atoms with Gasteiger partial charge in [-0.3, -0.25) is 4.79 Å². The minimum Gasteiger partial charge on any atom is -0.481 e. The third-order valence-electron chi connectivity index (χ3n) is 3.35. The van der Waals surface area contributed by atoms with Crippen LogP contribution in [-0.4, -0.2) is 11.1 Å². The molecule has 1 rings (SSSR count). The van der Waals surface area contributed by atoms with Gasteiger partial charge in [-0.2, -0.15) is 0 Å². The van der Waals surface area contributed by atoms with Gasteiger partial charge in [-0.05, 0) is 30.6 Å². The van der Waals surface area contributed by atoms with Gasteiger partial charge in [0.1, 0.15) is 0 Å². The van der Waals surface area contributed by atoms with E-state index < -0.39 is 5.97 Å². The predicted molar refractivity (Wildman–Crippen MR) is 47.9 cm³/mol. The van der Waals surface area contributed by atoms with E-state index in [1.165, 1.54) is 12.8 Å². The first-order valence-corrected chi connectivity index (χ1v) is 4.87. The van der Waals surface area contributed by atoms with Crippen LogP contribution in [0.5, 0.6) is 0 Å². The lowest BCUT2D eigenvalue weighted by atomic mass is 9.63. The summed E-state index contributed by atoms with van der Waals surface area (Å²) in [4.78, 5) is 10.3. The molecule has 1 fully saturated rings. The van der Waals surface area contributed by atoms with Crippen molar-refractivity contribution in [2.24, 2.45) is 17.8 Å². The average molecular weight is 170 g/mol. The second-order valence-corrected chi connectivity index (χ2v) is 3.96. The Balaban J connectivity index is 2.17. The summed E-state index contributed by atoms with van der Waals surface area (Å²) in [5.74, 6) is 1.66. The maximum absolute atomic E-state index is 10.3. The molecule has 2 nitrogen and oxygen atoms in total. The van der Waals surface area contributed by atoms with Gasteiger partial charge in [0, 0.05) is 6.42 Å². The van der Waals surface area contributed by atoms with Crippen LogP contribution >= 0.6 is 0 Å². The largest absolute Gasteiger partial charge is 0.481 e. The second-order valence-electron chi connectivity index (χ2n) is 3.96. The number of carbonyl (C=O) groups is 1. The molecule has 0 aromatic carbocycles. The molecule has 70 valence electrons. The highest BCUT2D eigenvalue weighted by atomic mass is 16.4. The van der Waals surface area contributed by atoms with Gasteiger partial charge in [0.2, 0.25) is 0 Å². The normalized spacial score (nSPS) is 34.3. The van der Waals surface area contributed by atoms with Crippen LogP contribution in [-0.2, 0) is 4.79 Å². The average Bonchev–Trinajstić information content (AvgIpc) is 2.02. The quantitative estimate of drug-likeness (QED) is 0.704. The van der Waals surface area contributed by atoms with Crippen LogP contribution in [0.2, 0.25) is 0 Å². The molecule has 0 bridgehead atoms. The zero-order valence-corrected chi connectivity index (χ0v) is 7.92. The predicted octanol–water partition coefficient (Wildman–Crippen LogP) is 2.53. The fraction of sp³-hybridized carbons (Fsp3) is 0.900. The van der Waals surface area contributed by atoms with Crippen molar-refractivity contribution in [3.63, 3.8) is 0 Å². The van der Waals surface area contributed by atoms with E-state index in [2.05, 4.69) is 13.8 Å². The summed E-state index contributed by atoms with van der Waals surface area (Å²) in [6.45, 7) is 4.47. The molecule has 0 aliphatic heterocycles. The first-order valence-electron chi connectivity index (χ1n) is 4.87. The molecule has 0 heterocycles. The molecule has 2 heteroatoms. The lowest BCUT2D eigenvalue weighted by Crippen LogP contribution is -2.34. The third-order valence-corrected chi connectivity index (χ3v) is 3.35. The lowest BCUT2D eigenvalue weighted by Gasteiger charge is -2.42. The molecule has 0 amide bonds. The highest BCUT2D eigenvalue weighted by molar-refractivity contribution is 5.66. The van der Waals surface area contributed by atoms with Crippen molar-refractivity contribution < 1.29 is 9.90 Å². The van der Waals surface area contributed by atoms with Gasteiger partial charge in [-0.25, -0.2) is 0 Å². The molecule has 0 radical (unpaired) electrons. The summed E-state index contributed by atoms with van der Waals surface area (Å²) in [5, 5.41) is 8.49. The summed E-state index contributed by atoms with van der Waals surface area (Å²) in [6, 6.07) is 0. The minimum atomic E-state index is -0.651. The molecule has 0 saturated heterocycles. The van der Waals surface area contributed by atoms with Gasteiger partial charge in [-0.1, -0.05) is 20.3 Å². The van der Waals surface area contributed by atoms with Gasteiger partial charge < -0.3 is 5.11 Å². The Morgan fingerprint density at radius 3 is 2.58 bits per heavy atom. The molecular weight excluding hydrogens is 152 g/mol. The van der Waals surface area contributed by atoms with E-state index in [1.54, 1.807) is 0 Å². The van der Waals surface area contributed by atoms with Crippen LogP contribution in [0.4, 0.5) is 0 Å². The van der Waals surface area contributed by atoms with E-state index in [4.69, 9.17) is 5.11 Å². The number of carboxylic acids is 1. The Bertz CT molecular complexity index is 165. The van der Waals surface area contributed by atoms with E-state index >= 15 is 0 Å². The smallest absolute Gasteiger partial charge is 0.303 e. The van der Waals surface area contributed by atoms with Crippen molar-refractivity contribution >= 4 is 5.97 Å². The van der Waals surface area contributed by atoms with E-state index in [0.717, 1.165) is 18.3 Å². The molecule has 12 heavy (non-hydrogen) atoms. The number of hydrogen-bond donors (Lipinski definition) is 1. The number of aliphatic carboxylic acids is 1. The first kappa shape index (κ1) is 9.56. The Morgan fingerprint density at radius 2 is 2.17 bits per heavy atom. The van der Waals surface area contributed by atoms with Crippen LogP contribution in [0.25, 0.3) is 0 Å². The maximum Gasteiger partial charge on any atom is 0.303 e. The highest BCUT2D eigenvalue weighted by Gasteiger charge is 2.35. The molecule has 1 N–H and O–H groups in total. The topological polar surface area (TPSA) is 37.3 Å². The Hall–Kier alpha value is -0.530. The van der Waals surface area contributed by atoms with Crippen LogP contribution in [0.15, 0.2) is 0 Å². The summed E-state index contributed by atoms with van der Waals surface area (Å²) >= 11 is 0. The summed E-state index contributed by atoms with van der Waals surface area (Å²) in [5.41, 5.74) is 0. The van der Waals surface area contributed by atoms with Crippen LogP contribution in [0.3, 0.4) is 0 Å². The monoisotopic (exact) mass is 170 g/mol. The number of rotatable bonds is 4. The molecule has 0 aromatic heterocycles. The van der Waals surface area contributed by atoms with E-state index in [1.807, 2.05) is 0 Å². The third kappa shape index (κ3) is 1.99. The summed E-state index contributed by atoms with van der Waals surface area (Å²) in [7, 11) is 0. The molecule has 1 aliphatic carbocycles. The minimum absolute atomic E-state index is 0.353. The molecule has 3 atom stereocenters. The zero-order chi connectivity index (χ0) is 9.14. The molecule has 0 aromatic rings. The van der Waals surface area contributed by atoms with Crippen LogP contribution < -0.4 is 0 Å². The van der Waals surface area contributed by atoms with E-state index in [-0.39, 0.29) is 0 Å². The standard InChI is InChI=1S/C10H18O2/c1-3-8-6-9(7(8)2)4-5-10(11)12/h7-9H,3-6H2,1-2H3,(H,11,12). The Morgan fingerprint density at radius 1 is 1.50 bits per heavy atom. The lowest BCUT2D eigenvalue weighted by molar-refractivity contribution is -0.137. The van der Waals surface area contributed by atoms with Crippen molar-refractivity contribution in [3.05, 3.63) is 0 Å². The van der Waals surface area contributed by atoms with Crippen molar-refractivity contribution in [2.75, 3.05) is 0 Å². The summed E-state index contributed by atoms with van der Waals surface area (Å²) < 4.78 is 0. The SMILES string of the molecule is CCC1CC(CCC(=O)O)C1C. The van der Waals surface area contributed by atoms with Crippen molar-refractivity contribution in [3.8, 4) is 0 Å². The van der Waals surface area contributed by atoms with Gasteiger partial charge in [0.05, 0.1) is 0 Å². The molecule has 1 saturated carbocycles. The van der Waals surface area contributed by atoms with Crippen LogP contribution in [0, 0.1) is 17.8 Å². The molecule has 0 spiro atoms. The first-order chi connectivity index (χ1) is 5.65. The Labute approximate surface area is 74.0 Å². The van der Waals surface area contributed by atoms with Gasteiger partial charge in [0.25, 0.3) is 0 Å². The highest BCUT2D eigenvalue weighted by Crippen LogP contribution is 2.44. The fourth-order valence-electron chi connectivity index (χ4n) is 2.24. The zero-order valence-electron chi connectivity index (χ0n) is 7.92. The van der Waals surface area contributed by atoms with Gasteiger partial charge in [-0.15, -0.1) is 0 Å². The maximum atomic E-state index is 10.3. The number of hydrogen-bond acceptors (Lipinski definition) is 1. The fourth-order valence-corrected chi connectivity index (χ4v) is 2.24. The summed E-state index contributed by atoms with van der Waals surface area (Å²) in [6.07, 6.45) is 3.74. The second kappa shape index (κ2) is 3.92. The van der Waals surface area contributed by atoms with E-state index in [0.29, 0.717) is 12.3 Å². The van der Waals surface area contributed by atoms with Crippen molar-refractivity contribution in [1.29, 1.82) is 0 Å².